The quantitative estimate of drug-likeness (QED) is 0.657. The molecular weight excluding hydrogens is 378 g/mol. The molecule has 0 spiro atoms. The molecule has 1 aliphatic rings. The minimum Gasteiger partial charge on any atom is -0.477 e. The summed E-state index contributed by atoms with van der Waals surface area (Å²) in [5.74, 6) is -3.91. The van der Waals surface area contributed by atoms with Gasteiger partial charge in [-0.3, -0.25) is 0 Å². The molecule has 0 amide bonds. The van der Waals surface area contributed by atoms with Crippen LogP contribution in [0.3, 0.4) is 0 Å². The second kappa shape index (κ2) is 6.38. The number of carboxylic acids is 1. The highest BCUT2D eigenvalue weighted by Crippen LogP contribution is 2.48. The Labute approximate surface area is 156 Å². The molecule has 140 valence electrons. The average Bonchev–Trinajstić information content (AvgIpc) is 3.08. The van der Waals surface area contributed by atoms with Crippen molar-refractivity contribution in [1.29, 1.82) is 0 Å². The molecule has 7 nitrogen and oxygen atoms in total. The molecule has 3 aromatic rings. The van der Waals surface area contributed by atoms with Crippen LogP contribution in [0.2, 0.25) is 0 Å². The van der Waals surface area contributed by atoms with Gasteiger partial charge in [0.2, 0.25) is 5.88 Å². The van der Waals surface area contributed by atoms with Gasteiger partial charge in [0.1, 0.15) is 27.5 Å². The molecule has 0 radical (unpaired) electrons. The first-order chi connectivity index (χ1) is 12.9. The van der Waals surface area contributed by atoms with Gasteiger partial charge in [-0.25, -0.2) is 28.5 Å². The Balaban J connectivity index is 1.64. The van der Waals surface area contributed by atoms with Crippen LogP contribution in [0.4, 0.5) is 20.3 Å². The van der Waals surface area contributed by atoms with E-state index in [0.29, 0.717) is 27.3 Å². The van der Waals surface area contributed by atoms with Gasteiger partial charge in [-0.2, -0.15) is 0 Å². The Morgan fingerprint density at radius 1 is 1.44 bits per heavy atom. The number of hydrogen-bond acceptors (Lipinski definition) is 7. The molecule has 3 heterocycles. The number of aromatic nitrogens is 3. The van der Waals surface area contributed by atoms with Gasteiger partial charge in [-0.1, -0.05) is 0 Å². The monoisotopic (exact) mass is 392 g/mol. The topological polar surface area (TPSA) is 97.2 Å². The summed E-state index contributed by atoms with van der Waals surface area (Å²) in [7, 11) is 0. The van der Waals surface area contributed by atoms with E-state index >= 15 is 0 Å². The maximum absolute atomic E-state index is 13.1. The highest BCUT2D eigenvalue weighted by Gasteiger charge is 2.57. The number of alkyl halides is 2. The van der Waals surface area contributed by atoms with Gasteiger partial charge in [0.25, 0.3) is 5.92 Å². The maximum Gasteiger partial charge on any atom is 0.346 e. The Kier molecular flexibility index (Phi) is 4.14. The van der Waals surface area contributed by atoms with Crippen LogP contribution in [0.15, 0.2) is 24.7 Å². The minimum absolute atomic E-state index is 0.126. The standard InChI is InChI=1S/C17H14F2N4O3S/c1-8-11-13(21-7-22-15(11)27-12(8)16(24)25)23-10-3-2-4-20-14(10)26-6-9-5-17(9,18)19/h2-4,7,9H,5-6H2,1H3,(H,24,25)(H,21,22,23). The Morgan fingerprint density at radius 2 is 2.22 bits per heavy atom. The van der Waals surface area contributed by atoms with Crippen LogP contribution in [0.5, 0.6) is 5.88 Å². The number of aryl methyl sites for hydroxylation is 1. The molecule has 1 fully saturated rings. The number of hydrogen-bond donors (Lipinski definition) is 2. The highest BCUT2D eigenvalue weighted by atomic mass is 32.1. The van der Waals surface area contributed by atoms with Crippen LogP contribution in [0.25, 0.3) is 10.2 Å². The summed E-state index contributed by atoms with van der Waals surface area (Å²) >= 11 is 1.06. The van der Waals surface area contributed by atoms with Crippen LogP contribution in [0.1, 0.15) is 21.7 Å². The van der Waals surface area contributed by atoms with E-state index in [4.69, 9.17) is 4.74 Å². The smallest absolute Gasteiger partial charge is 0.346 e. The van der Waals surface area contributed by atoms with Gasteiger partial charge in [0, 0.05) is 12.6 Å². The predicted molar refractivity (Wildman–Crippen MR) is 95.2 cm³/mol. The van der Waals surface area contributed by atoms with E-state index in [1.165, 1.54) is 12.5 Å². The fraction of sp³-hybridized carbons (Fsp3) is 0.294. The first kappa shape index (κ1) is 17.5. The lowest BCUT2D eigenvalue weighted by molar-refractivity contribution is 0.0701. The van der Waals surface area contributed by atoms with E-state index in [1.807, 2.05) is 0 Å². The summed E-state index contributed by atoms with van der Waals surface area (Å²) in [6, 6.07) is 3.35. The summed E-state index contributed by atoms with van der Waals surface area (Å²) in [5, 5.41) is 13.0. The predicted octanol–water partition coefficient (Wildman–Crippen LogP) is 3.87. The number of carboxylic acid groups (broad SMARTS) is 1. The van der Waals surface area contributed by atoms with Crippen molar-refractivity contribution in [2.24, 2.45) is 5.92 Å². The molecule has 0 saturated heterocycles. The van der Waals surface area contributed by atoms with Crippen molar-refractivity contribution in [3.8, 4) is 5.88 Å². The highest BCUT2D eigenvalue weighted by molar-refractivity contribution is 7.20. The molecule has 1 atom stereocenters. The van der Waals surface area contributed by atoms with Gasteiger partial charge in [0.05, 0.1) is 17.9 Å². The van der Waals surface area contributed by atoms with Crippen molar-refractivity contribution in [2.45, 2.75) is 19.3 Å². The zero-order valence-corrected chi connectivity index (χ0v) is 14.9. The summed E-state index contributed by atoms with van der Waals surface area (Å²) < 4.78 is 31.6. The van der Waals surface area contributed by atoms with E-state index in [-0.39, 0.29) is 23.8 Å². The van der Waals surface area contributed by atoms with E-state index in [1.54, 1.807) is 19.1 Å². The lowest BCUT2D eigenvalue weighted by atomic mass is 10.2. The Morgan fingerprint density at radius 3 is 2.93 bits per heavy atom. The SMILES string of the molecule is Cc1c(C(=O)O)sc2ncnc(Nc3cccnc3OCC3CC3(F)F)c12. The molecule has 0 aromatic carbocycles. The maximum atomic E-state index is 13.1. The van der Waals surface area contributed by atoms with Crippen LogP contribution in [-0.2, 0) is 0 Å². The first-order valence-corrected chi connectivity index (χ1v) is 8.88. The number of anilines is 2. The lowest BCUT2D eigenvalue weighted by Crippen LogP contribution is -2.08. The summed E-state index contributed by atoms with van der Waals surface area (Å²) in [4.78, 5) is 24.5. The Bertz CT molecular complexity index is 1040. The number of carbonyl (C=O) groups is 1. The second-order valence-corrected chi connectivity index (χ2v) is 7.22. The summed E-state index contributed by atoms with van der Waals surface area (Å²) in [6.07, 6.45) is 2.65. The molecule has 3 aromatic heterocycles. The molecule has 1 saturated carbocycles. The molecule has 2 N–H and O–H groups in total. The minimum atomic E-state index is -2.66. The molecule has 0 bridgehead atoms. The van der Waals surface area contributed by atoms with Crippen molar-refractivity contribution in [1.82, 2.24) is 15.0 Å². The van der Waals surface area contributed by atoms with Crippen LogP contribution in [-0.4, -0.2) is 38.6 Å². The van der Waals surface area contributed by atoms with Crippen LogP contribution in [0, 0.1) is 12.8 Å². The normalized spacial score (nSPS) is 17.7. The van der Waals surface area contributed by atoms with Crippen molar-refractivity contribution < 1.29 is 23.4 Å². The van der Waals surface area contributed by atoms with Crippen molar-refractivity contribution in [3.05, 3.63) is 35.1 Å². The van der Waals surface area contributed by atoms with Crippen molar-refractivity contribution in [3.63, 3.8) is 0 Å². The third-order valence-electron chi connectivity index (χ3n) is 4.32. The number of ether oxygens (including phenoxy) is 1. The fourth-order valence-electron chi connectivity index (χ4n) is 2.73. The van der Waals surface area contributed by atoms with E-state index < -0.39 is 17.8 Å². The van der Waals surface area contributed by atoms with Gasteiger partial charge in [-0.05, 0) is 24.6 Å². The van der Waals surface area contributed by atoms with Crippen LogP contribution >= 0.6 is 11.3 Å². The van der Waals surface area contributed by atoms with Gasteiger partial charge >= 0.3 is 5.97 Å². The van der Waals surface area contributed by atoms with E-state index in [9.17, 15) is 18.7 Å². The van der Waals surface area contributed by atoms with Gasteiger partial charge in [0.15, 0.2) is 0 Å². The zero-order valence-electron chi connectivity index (χ0n) is 14.1. The molecule has 10 heteroatoms. The molecule has 0 aliphatic heterocycles. The number of thiophene rings is 1. The summed E-state index contributed by atoms with van der Waals surface area (Å²) in [5.41, 5.74) is 0.999. The lowest BCUT2D eigenvalue weighted by Gasteiger charge is -2.12. The second-order valence-electron chi connectivity index (χ2n) is 6.22. The number of fused-ring (bicyclic) bond motifs is 1. The largest absolute Gasteiger partial charge is 0.477 e. The third-order valence-corrected chi connectivity index (χ3v) is 5.51. The Hall–Kier alpha value is -2.88. The summed E-state index contributed by atoms with van der Waals surface area (Å²) in [6.45, 7) is 1.56. The molecular formula is C17H14F2N4O3S. The molecule has 27 heavy (non-hydrogen) atoms. The molecule has 4 rings (SSSR count). The van der Waals surface area contributed by atoms with Crippen molar-refractivity contribution >= 4 is 39.0 Å². The number of rotatable bonds is 6. The van der Waals surface area contributed by atoms with Crippen molar-refractivity contribution in [2.75, 3.05) is 11.9 Å². The molecule has 1 unspecified atom stereocenters. The first-order valence-electron chi connectivity index (χ1n) is 8.07. The number of nitrogens with zero attached hydrogens (tertiary/aromatic N) is 3. The van der Waals surface area contributed by atoms with Crippen LogP contribution < -0.4 is 10.1 Å². The third kappa shape index (κ3) is 3.27. The fourth-order valence-corrected chi connectivity index (χ4v) is 3.72. The number of pyridine rings is 1. The molecule has 1 aliphatic carbocycles. The average molecular weight is 392 g/mol. The number of halogens is 2. The van der Waals surface area contributed by atoms with E-state index in [0.717, 1.165) is 11.3 Å². The van der Waals surface area contributed by atoms with E-state index in [2.05, 4.69) is 20.3 Å². The van der Waals surface area contributed by atoms with Gasteiger partial charge < -0.3 is 15.2 Å². The van der Waals surface area contributed by atoms with Gasteiger partial charge in [-0.15, -0.1) is 11.3 Å². The number of aromatic carboxylic acids is 1. The number of nitrogens with one attached hydrogen (secondary N) is 1. The zero-order chi connectivity index (χ0) is 19.2.